The number of nitrogens with zero attached hydrogens (tertiary/aromatic N) is 1. The molecule has 0 aromatic heterocycles. The summed E-state index contributed by atoms with van der Waals surface area (Å²) in [5.41, 5.74) is 1.04. The van der Waals surface area contributed by atoms with Gasteiger partial charge in [-0.3, -0.25) is 9.62 Å². The summed E-state index contributed by atoms with van der Waals surface area (Å²) in [5.74, 6) is 0.860. The van der Waals surface area contributed by atoms with E-state index in [9.17, 15) is 13.2 Å². The molecule has 0 aliphatic heterocycles. The van der Waals surface area contributed by atoms with E-state index in [1.165, 1.54) is 38.4 Å². The van der Waals surface area contributed by atoms with Gasteiger partial charge in [0.1, 0.15) is 11.5 Å². The van der Waals surface area contributed by atoms with Crippen molar-refractivity contribution in [3.05, 3.63) is 78.9 Å². The van der Waals surface area contributed by atoms with Gasteiger partial charge in [-0.15, -0.1) is 0 Å². The van der Waals surface area contributed by atoms with Gasteiger partial charge < -0.3 is 9.47 Å². The van der Waals surface area contributed by atoms with Crippen molar-refractivity contribution in [2.45, 2.75) is 4.90 Å². The van der Waals surface area contributed by atoms with Crippen LogP contribution in [0.5, 0.6) is 11.5 Å². The van der Waals surface area contributed by atoms with Gasteiger partial charge in [0.2, 0.25) is 0 Å². The monoisotopic (exact) mass is 412 g/mol. The molecule has 0 fully saturated rings. The number of sulfonamides is 1. The molecule has 29 heavy (non-hydrogen) atoms. The molecule has 150 valence electrons. The van der Waals surface area contributed by atoms with E-state index in [-0.39, 0.29) is 10.6 Å². The Labute approximate surface area is 169 Å². The van der Waals surface area contributed by atoms with Gasteiger partial charge >= 0.3 is 6.09 Å². The number of hydrogen-bond donors (Lipinski definition) is 1. The predicted octanol–water partition coefficient (Wildman–Crippen LogP) is 4.13. The van der Waals surface area contributed by atoms with Crippen LogP contribution in [0, 0.1) is 0 Å². The number of rotatable bonds is 6. The highest BCUT2D eigenvalue weighted by atomic mass is 32.2. The Kier molecular flexibility index (Phi) is 6.04. The van der Waals surface area contributed by atoms with E-state index in [1.807, 2.05) is 6.07 Å². The van der Waals surface area contributed by atoms with Crippen LogP contribution in [0.15, 0.2) is 83.8 Å². The summed E-state index contributed by atoms with van der Waals surface area (Å²) < 4.78 is 37.0. The third kappa shape index (κ3) is 4.85. The first-order chi connectivity index (χ1) is 13.9. The average molecular weight is 412 g/mol. The Bertz CT molecular complexity index is 1070. The highest BCUT2D eigenvalue weighted by Crippen LogP contribution is 2.25. The van der Waals surface area contributed by atoms with Crippen molar-refractivity contribution >= 4 is 27.5 Å². The highest BCUT2D eigenvalue weighted by molar-refractivity contribution is 7.92. The maximum Gasteiger partial charge on any atom is 0.417 e. The van der Waals surface area contributed by atoms with Crippen molar-refractivity contribution < 1.29 is 22.7 Å². The van der Waals surface area contributed by atoms with Crippen LogP contribution < -0.4 is 19.1 Å². The van der Waals surface area contributed by atoms with E-state index < -0.39 is 16.1 Å². The lowest BCUT2D eigenvalue weighted by Crippen LogP contribution is -2.26. The van der Waals surface area contributed by atoms with Crippen LogP contribution in [-0.4, -0.2) is 28.7 Å². The minimum absolute atomic E-state index is 0.142. The molecule has 7 nitrogen and oxygen atoms in total. The normalized spacial score (nSPS) is 10.8. The van der Waals surface area contributed by atoms with Gasteiger partial charge in [-0.2, -0.15) is 0 Å². The molecule has 0 saturated carbocycles. The van der Waals surface area contributed by atoms with Gasteiger partial charge in [0.15, 0.2) is 0 Å². The lowest BCUT2D eigenvalue weighted by atomic mass is 10.3. The van der Waals surface area contributed by atoms with Gasteiger partial charge in [0.25, 0.3) is 10.0 Å². The number of carbonyl (C=O) groups excluding carboxylic acids is 1. The number of para-hydroxylation sites is 1. The molecule has 0 spiro atoms. The van der Waals surface area contributed by atoms with Crippen LogP contribution in [0.1, 0.15) is 0 Å². The minimum atomic E-state index is -3.74. The van der Waals surface area contributed by atoms with Crippen LogP contribution in [-0.2, 0) is 10.0 Å². The predicted molar refractivity (Wildman–Crippen MR) is 111 cm³/mol. The molecule has 3 aromatic rings. The van der Waals surface area contributed by atoms with Gasteiger partial charge in [-0.05, 0) is 60.7 Å². The summed E-state index contributed by atoms with van der Waals surface area (Å²) in [6.07, 6.45) is -0.636. The molecule has 3 aromatic carbocycles. The van der Waals surface area contributed by atoms with Gasteiger partial charge in [-0.1, -0.05) is 18.2 Å². The molecule has 3 rings (SSSR count). The van der Waals surface area contributed by atoms with Crippen LogP contribution in [0.25, 0.3) is 0 Å². The van der Waals surface area contributed by atoms with E-state index in [1.54, 1.807) is 48.5 Å². The zero-order chi connectivity index (χ0) is 20.9. The number of ether oxygens (including phenoxy) is 2. The van der Waals surface area contributed by atoms with Crippen LogP contribution >= 0.6 is 0 Å². The van der Waals surface area contributed by atoms with Crippen molar-refractivity contribution in [1.82, 2.24) is 0 Å². The molecule has 1 amide bonds. The van der Waals surface area contributed by atoms with Crippen LogP contribution in [0.2, 0.25) is 0 Å². The Balaban J connectivity index is 1.69. The molecular weight excluding hydrogens is 392 g/mol. The number of carbonyl (C=O) groups is 1. The second-order valence-electron chi connectivity index (χ2n) is 6.02. The third-order valence-electron chi connectivity index (χ3n) is 4.15. The van der Waals surface area contributed by atoms with Gasteiger partial charge in [0, 0.05) is 12.7 Å². The van der Waals surface area contributed by atoms with E-state index >= 15 is 0 Å². The van der Waals surface area contributed by atoms with Crippen molar-refractivity contribution in [1.29, 1.82) is 0 Å². The molecule has 0 unspecified atom stereocenters. The van der Waals surface area contributed by atoms with Crippen molar-refractivity contribution in [2.24, 2.45) is 0 Å². The van der Waals surface area contributed by atoms with E-state index in [0.717, 1.165) is 4.31 Å². The summed E-state index contributed by atoms with van der Waals surface area (Å²) in [6.45, 7) is 0. The number of benzene rings is 3. The SMILES string of the molecule is COc1ccc(S(=O)(=O)N(C)c2ccc(OC(=O)Nc3ccccc3)cc2)cc1. The maximum atomic E-state index is 12.8. The fraction of sp³-hybridized carbons (Fsp3) is 0.0952. The van der Waals surface area contributed by atoms with E-state index in [2.05, 4.69) is 5.32 Å². The fourth-order valence-corrected chi connectivity index (χ4v) is 3.74. The van der Waals surface area contributed by atoms with Crippen molar-refractivity contribution in [2.75, 3.05) is 23.8 Å². The number of amides is 1. The lowest BCUT2D eigenvalue weighted by molar-refractivity contribution is 0.215. The summed E-state index contributed by atoms with van der Waals surface area (Å²) >= 11 is 0. The molecule has 8 heteroatoms. The van der Waals surface area contributed by atoms with Gasteiger partial charge in [-0.25, -0.2) is 13.2 Å². The Morgan fingerprint density at radius 2 is 1.45 bits per heavy atom. The quantitative estimate of drug-likeness (QED) is 0.658. The standard InChI is InChI=1S/C21H20N2O5S/c1-23(29(25,26)20-14-12-18(27-2)13-15-20)17-8-10-19(11-9-17)28-21(24)22-16-6-4-3-5-7-16/h3-15H,1-2H3,(H,22,24). The molecule has 1 N–H and O–H groups in total. The van der Waals surface area contributed by atoms with Crippen LogP contribution in [0.4, 0.5) is 16.2 Å². The average Bonchev–Trinajstić information content (AvgIpc) is 2.74. The summed E-state index contributed by atoms with van der Waals surface area (Å²) in [7, 11) is -0.767. The number of hydrogen-bond acceptors (Lipinski definition) is 5. The molecule has 0 aliphatic carbocycles. The maximum absolute atomic E-state index is 12.8. The largest absolute Gasteiger partial charge is 0.497 e. The molecule has 0 radical (unpaired) electrons. The first kappa shape index (κ1) is 20.2. The Hall–Kier alpha value is -3.52. The smallest absolute Gasteiger partial charge is 0.417 e. The van der Waals surface area contributed by atoms with Crippen molar-refractivity contribution in [3.63, 3.8) is 0 Å². The zero-order valence-electron chi connectivity index (χ0n) is 15.9. The molecule has 0 heterocycles. The van der Waals surface area contributed by atoms with E-state index in [4.69, 9.17) is 9.47 Å². The summed E-state index contributed by atoms with van der Waals surface area (Å²) in [4.78, 5) is 12.1. The first-order valence-electron chi connectivity index (χ1n) is 8.67. The molecule has 0 saturated heterocycles. The topological polar surface area (TPSA) is 84.9 Å². The highest BCUT2D eigenvalue weighted by Gasteiger charge is 2.21. The minimum Gasteiger partial charge on any atom is -0.497 e. The molecule has 0 aliphatic rings. The zero-order valence-corrected chi connectivity index (χ0v) is 16.7. The fourth-order valence-electron chi connectivity index (χ4n) is 2.54. The summed E-state index contributed by atoms with van der Waals surface area (Å²) in [6, 6.07) is 21.2. The number of methoxy groups -OCH3 is 1. The summed E-state index contributed by atoms with van der Waals surface area (Å²) in [5, 5.41) is 2.61. The molecule has 0 atom stereocenters. The van der Waals surface area contributed by atoms with E-state index in [0.29, 0.717) is 17.1 Å². The van der Waals surface area contributed by atoms with Crippen molar-refractivity contribution in [3.8, 4) is 11.5 Å². The second kappa shape index (κ2) is 8.66. The number of nitrogens with one attached hydrogen (secondary N) is 1. The first-order valence-corrected chi connectivity index (χ1v) is 10.1. The van der Waals surface area contributed by atoms with Gasteiger partial charge in [0.05, 0.1) is 17.7 Å². The molecular formula is C21H20N2O5S. The third-order valence-corrected chi connectivity index (χ3v) is 5.95. The van der Waals surface area contributed by atoms with Crippen LogP contribution in [0.3, 0.4) is 0 Å². The lowest BCUT2D eigenvalue weighted by Gasteiger charge is -2.20. The number of anilines is 2. The Morgan fingerprint density at radius 1 is 0.862 bits per heavy atom. The Morgan fingerprint density at radius 3 is 2.03 bits per heavy atom. The second-order valence-corrected chi connectivity index (χ2v) is 7.99. The molecule has 0 bridgehead atoms.